The molecular formula is C20H21F2N3O2. The van der Waals surface area contributed by atoms with Crippen molar-refractivity contribution in [3.63, 3.8) is 0 Å². The summed E-state index contributed by atoms with van der Waals surface area (Å²) in [5.41, 5.74) is -0.537. The highest BCUT2D eigenvalue weighted by Gasteiger charge is 2.19. The van der Waals surface area contributed by atoms with E-state index in [0.717, 1.165) is 37.8 Å². The lowest BCUT2D eigenvalue weighted by atomic mass is 10.1. The fourth-order valence-electron chi connectivity index (χ4n) is 3.17. The molecule has 2 N–H and O–H groups in total. The van der Waals surface area contributed by atoms with Gasteiger partial charge in [-0.25, -0.2) is 13.8 Å². The van der Waals surface area contributed by atoms with Gasteiger partial charge in [-0.15, -0.1) is 0 Å². The van der Waals surface area contributed by atoms with Crippen LogP contribution in [0.15, 0.2) is 36.4 Å². The van der Waals surface area contributed by atoms with Gasteiger partial charge in [0.25, 0.3) is 11.8 Å². The molecule has 27 heavy (non-hydrogen) atoms. The van der Waals surface area contributed by atoms with Crippen molar-refractivity contribution in [3.8, 4) is 0 Å². The molecule has 1 fully saturated rings. The molecule has 0 spiro atoms. The zero-order valence-electron chi connectivity index (χ0n) is 14.8. The molecular weight excluding hydrogens is 352 g/mol. The molecule has 0 saturated heterocycles. The Balaban J connectivity index is 1.70. The Labute approximate surface area is 156 Å². The van der Waals surface area contributed by atoms with Crippen LogP contribution < -0.4 is 10.6 Å². The van der Waals surface area contributed by atoms with E-state index in [0.29, 0.717) is 0 Å². The van der Waals surface area contributed by atoms with E-state index in [9.17, 15) is 18.4 Å². The number of aromatic nitrogens is 1. The van der Waals surface area contributed by atoms with Gasteiger partial charge >= 0.3 is 0 Å². The molecule has 3 rings (SSSR count). The van der Waals surface area contributed by atoms with Gasteiger partial charge in [0, 0.05) is 6.04 Å². The van der Waals surface area contributed by atoms with E-state index in [1.165, 1.54) is 37.1 Å². The molecule has 0 atom stereocenters. The summed E-state index contributed by atoms with van der Waals surface area (Å²) in [5, 5.41) is 5.12. The molecule has 7 heteroatoms. The predicted molar refractivity (Wildman–Crippen MR) is 97.5 cm³/mol. The van der Waals surface area contributed by atoms with Crippen LogP contribution in [0, 0.1) is 11.6 Å². The maximum Gasteiger partial charge on any atom is 0.274 e. The number of pyridine rings is 1. The molecule has 0 aliphatic heterocycles. The topological polar surface area (TPSA) is 71.1 Å². The van der Waals surface area contributed by atoms with Gasteiger partial charge in [-0.2, -0.15) is 0 Å². The average Bonchev–Trinajstić information content (AvgIpc) is 2.93. The SMILES string of the molecule is O=C(Nc1c(F)cccc1F)c1cccc(C(=O)NC2CCCCCC2)n1. The summed E-state index contributed by atoms with van der Waals surface area (Å²) in [6.07, 6.45) is 6.36. The zero-order chi connectivity index (χ0) is 19.2. The Kier molecular flexibility index (Phi) is 6.11. The van der Waals surface area contributed by atoms with Crippen molar-refractivity contribution in [3.05, 3.63) is 59.4 Å². The van der Waals surface area contributed by atoms with E-state index in [4.69, 9.17) is 0 Å². The quantitative estimate of drug-likeness (QED) is 0.794. The fourth-order valence-corrected chi connectivity index (χ4v) is 3.17. The molecule has 2 aromatic rings. The van der Waals surface area contributed by atoms with Crippen LogP contribution in [-0.4, -0.2) is 22.8 Å². The van der Waals surface area contributed by atoms with Crippen LogP contribution in [0.25, 0.3) is 0 Å². The second-order valence-electron chi connectivity index (χ2n) is 6.62. The Hall–Kier alpha value is -2.83. The number of halogens is 2. The molecule has 1 aliphatic carbocycles. The van der Waals surface area contributed by atoms with E-state index >= 15 is 0 Å². The Bertz CT molecular complexity index is 813. The van der Waals surface area contributed by atoms with Gasteiger partial charge in [-0.05, 0) is 37.1 Å². The van der Waals surface area contributed by atoms with Gasteiger partial charge in [0.05, 0.1) is 0 Å². The number of amides is 2. The molecule has 2 amide bonds. The van der Waals surface area contributed by atoms with Gasteiger partial charge in [0.2, 0.25) is 0 Å². The molecule has 0 unspecified atom stereocenters. The van der Waals surface area contributed by atoms with E-state index in [-0.39, 0.29) is 23.3 Å². The Morgan fingerprint density at radius 3 is 2.04 bits per heavy atom. The zero-order valence-corrected chi connectivity index (χ0v) is 14.8. The maximum absolute atomic E-state index is 13.7. The highest BCUT2D eigenvalue weighted by atomic mass is 19.1. The summed E-state index contributed by atoms with van der Waals surface area (Å²) in [5.74, 6) is -2.91. The Morgan fingerprint density at radius 2 is 1.41 bits per heavy atom. The highest BCUT2D eigenvalue weighted by Crippen LogP contribution is 2.19. The number of benzene rings is 1. The maximum atomic E-state index is 13.7. The molecule has 5 nitrogen and oxygen atoms in total. The molecule has 1 heterocycles. The molecule has 1 aromatic carbocycles. The third kappa shape index (κ3) is 4.87. The summed E-state index contributed by atoms with van der Waals surface area (Å²) >= 11 is 0. The van der Waals surface area contributed by atoms with Crippen molar-refractivity contribution in [1.82, 2.24) is 10.3 Å². The van der Waals surface area contributed by atoms with Crippen LogP contribution >= 0.6 is 0 Å². The molecule has 1 saturated carbocycles. The van der Waals surface area contributed by atoms with Crippen molar-refractivity contribution in [2.75, 3.05) is 5.32 Å². The number of para-hydroxylation sites is 1. The molecule has 0 radical (unpaired) electrons. The first-order chi connectivity index (χ1) is 13.0. The third-order valence-corrected chi connectivity index (χ3v) is 4.61. The highest BCUT2D eigenvalue weighted by molar-refractivity contribution is 6.04. The summed E-state index contributed by atoms with van der Waals surface area (Å²) in [7, 11) is 0. The van der Waals surface area contributed by atoms with Crippen molar-refractivity contribution in [1.29, 1.82) is 0 Å². The first kappa shape index (κ1) is 18.9. The largest absolute Gasteiger partial charge is 0.348 e. The van der Waals surface area contributed by atoms with Crippen LogP contribution in [-0.2, 0) is 0 Å². The predicted octanol–water partition coefficient (Wildman–Crippen LogP) is 4.06. The van der Waals surface area contributed by atoms with Gasteiger partial charge in [-0.1, -0.05) is 37.8 Å². The number of carbonyl (C=O) groups is 2. The van der Waals surface area contributed by atoms with Gasteiger partial charge < -0.3 is 10.6 Å². The molecule has 0 bridgehead atoms. The normalized spacial score (nSPS) is 15.0. The number of carbonyl (C=O) groups excluding carboxylic acids is 2. The van der Waals surface area contributed by atoms with Crippen molar-refractivity contribution >= 4 is 17.5 Å². The number of hydrogen-bond donors (Lipinski definition) is 2. The monoisotopic (exact) mass is 373 g/mol. The number of hydrogen-bond acceptors (Lipinski definition) is 3. The second kappa shape index (κ2) is 8.70. The number of nitrogens with one attached hydrogen (secondary N) is 2. The number of rotatable bonds is 4. The summed E-state index contributed by atoms with van der Waals surface area (Å²) in [6.45, 7) is 0. The Morgan fingerprint density at radius 1 is 0.852 bits per heavy atom. The van der Waals surface area contributed by atoms with Gasteiger partial charge in [-0.3, -0.25) is 9.59 Å². The summed E-state index contributed by atoms with van der Waals surface area (Å²) in [6, 6.07) is 7.81. The van der Waals surface area contributed by atoms with Crippen LogP contribution in [0.3, 0.4) is 0 Å². The van der Waals surface area contributed by atoms with E-state index in [2.05, 4.69) is 15.6 Å². The van der Waals surface area contributed by atoms with Crippen LogP contribution in [0.5, 0.6) is 0 Å². The molecule has 142 valence electrons. The first-order valence-corrected chi connectivity index (χ1v) is 9.08. The van der Waals surface area contributed by atoms with E-state index < -0.39 is 23.2 Å². The fraction of sp³-hybridized carbons (Fsp3) is 0.350. The lowest BCUT2D eigenvalue weighted by Gasteiger charge is -2.16. The lowest BCUT2D eigenvalue weighted by molar-refractivity contribution is 0.0928. The van der Waals surface area contributed by atoms with Crippen molar-refractivity contribution in [2.24, 2.45) is 0 Å². The van der Waals surface area contributed by atoms with Crippen LogP contribution in [0.2, 0.25) is 0 Å². The van der Waals surface area contributed by atoms with Crippen LogP contribution in [0.1, 0.15) is 59.5 Å². The second-order valence-corrected chi connectivity index (χ2v) is 6.62. The number of nitrogens with zero attached hydrogens (tertiary/aromatic N) is 1. The smallest absolute Gasteiger partial charge is 0.274 e. The van der Waals surface area contributed by atoms with E-state index in [1.54, 1.807) is 0 Å². The van der Waals surface area contributed by atoms with Crippen molar-refractivity contribution < 1.29 is 18.4 Å². The minimum Gasteiger partial charge on any atom is -0.348 e. The average molecular weight is 373 g/mol. The molecule has 1 aliphatic rings. The van der Waals surface area contributed by atoms with E-state index in [1.807, 2.05) is 0 Å². The lowest BCUT2D eigenvalue weighted by Crippen LogP contribution is -2.35. The van der Waals surface area contributed by atoms with Crippen LogP contribution in [0.4, 0.5) is 14.5 Å². The summed E-state index contributed by atoms with van der Waals surface area (Å²) < 4.78 is 27.4. The molecule has 1 aromatic heterocycles. The summed E-state index contributed by atoms with van der Waals surface area (Å²) in [4.78, 5) is 28.8. The minimum atomic E-state index is -0.884. The standard InChI is InChI=1S/C20H21F2N3O2/c21-14-9-5-10-15(22)18(14)25-20(27)17-12-6-11-16(24-17)19(26)23-13-7-3-1-2-4-8-13/h5-6,9-13H,1-4,7-8H2,(H,23,26)(H,25,27). The third-order valence-electron chi connectivity index (χ3n) is 4.61. The van der Waals surface area contributed by atoms with Crippen molar-refractivity contribution in [2.45, 2.75) is 44.6 Å². The van der Waals surface area contributed by atoms with Gasteiger partial charge in [0.1, 0.15) is 28.7 Å². The van der Waals surface area contributed by atoms with Gasteiger partial charge in [0.15, 0.2) is 0 Å². The minimum absolute atomic E-state index is 0.0915. The number of anilines is 1. The first-order valence-electron chi connectivity index (χ1n) is 9.08.